The molecular formula is C26H36O. The molecule has 0 aromatic rings. The monoisotopic (exact) mass is 364 g/mol. The van der Waals surface area contributed by atoms with E-state index in [4.69, 9.17) is 0 Å². The molecule has 0 N–H and O–H groups in total. The molecule has 0 spiro atoms. The first-order valence-electron chi connectivity index (χ1n) is 10.3. The zero-order valence-corrected chi connectivity index (χ0v) is 18.0. The lowest BCUT2D eigenvalue weighted by atomic mass is 9.79. The maximum atomic E-state index is 12.9. The number of carbonyl (C=O) groups excluding carboxylic acids is 1. The van der Waals surface area contributed by atoms with Gasteiger partial charge < -0.3 is 0 Å². The quantitative estimate of drug-likeness (QED) is 0.468. The number of hydrogen-bond acceptors (Lipinski definition) is 1. The summed E-state index contributed by atoms with van der Waals surface area (Å²) in [6.07, 6.45) is 24.0. The number of ketones is 1. The SMILES string of the molecule is CC(C)CCC1(C)C=CC=C(C(=O)CC2=CC=CC(C)(C(C)C)C=C2)C=C1. The van der Waals surface area contributed by atoms with Gasteiger partial charge in [0.15, 0.2) is 5.78 Å². The van der Waals surface area contributed by atoms with Crippen LogP contribution in [0.4, 0.5) is 0 Å². The molecule has 0 aromatic carbocycles. The topological polar surface area (TPSA) is 17.1 Å². The van der Waals surface area contributed by atoms with Crippen LogP contribution in [0.15, 0.2) is 71.9 Å². The van der Waals surface area contributed by atoms with E-state index >= 15 is 0 Å². The second-order valence-corrected chi connectivity index (χ2v) is 9.31. The molecule has 2 aliphatic rings. The highest BCUT2D eigenvalue weighted by molar-refractivity contribution is 6.00. The van der Waals surface area contributed by atoms with Gasteiger partial charge in [-0.1, -0.05) is 102 Å². The van der Waals surface area contributed by atoms with Crippen LogP contribution in [-0.2, 0) is 4.79 Å². The Morgan fingerprint density at radius 2 is 1.63 bits per heavy atom. The second-order valence-electron chi connectivity index (χ2n) is 9.31. The molecule has 2 atom stereocenters. The molecule has 0 bridgehead atoms. The van der Waals surface area contributed by atoms with E-state index in [1.165, 1.54) is 6.42 Å². The van der Waals surface area contributed by atoms with Crippen molar-refractivity contribution < 1.29 is 4.79 Å². The van der Waals surface area contributed by atoms with Gasteiger partial charge in [0, 0.05) is 22.8 Å². The number of carbonyl (C=O) groups is 1. The average Bonchev–Trinajstić information content (AvgIpc) is 2.91. The molecule has 2 rings (SSSR count). The molecule has 0 radical (unpaired) electrons. The molecule has 2 aliphatic carbocycles. The van der Waals surface area contributed by atoms with Gasteiger partial charge in [0.25, 0.3) is 0 Å². The zero-order valence-electron chi connectivity index (χ0n) is 18.0. The van der Waals surface area contributed by atoms with Crippen LogP contribution in [0.2, 0.25) is 0 Å². The van der Waals surface area contributed by atoms with E-state index in [1.54, 1.807) is 0 Å². The Hall–Kier alpha value is -1.89. The van der Waals surface area contributed by atoms with E-state index in [0.29, 0.717) is 18.3 Å². The Morgan fingerprint density at radius 1 is 0.926 bits per heavy atom. The van der Waals surface area contributed by atoms with E-state index in [2.05, 4.69) is 90.2 Å². The summed E-state index contributed by atoms with van der Waals surface area (Å²) in [7, 11) is 0. The van der Waals surface area contributed by atoms with Crippen LogP contribution in [0.3, 0.4) is 0 Å². The summed E-state index contributed by atoms with van der Waals surface area (Å²) in [5, 5.41) is 0. The van der Waals surface area contributed by atoms with Gasteiger partial charge >= 0.3 is 0 Å². The Balaban J connectivity index is 2.05. The molecule has 0 amide bonds. The zero-order chi connectivity index (χ0) is 20.1. The highest BCUT2D eigenvalue weighted by atomic mass is 16.1. The predicted molar refractivity (Wildman–Crippen MR) is 117 cm³/mol. The van der Waals surface area contributed by atoms with Crippen molar-refractivity contribution in [1.82, 2.24) is 0 Å². The van der Waals surface area contributed by atoms with E-state index in [9.17, 15) is 4.79 Å². The number of rotatable bonds is 7. The van der Waals surface area contributed by atoms with Crippen LogP contribution in [0.25, 0.3) is 0 Å². The minimum Gasteiger partial charge on any atom is -0.294 e. The molecule has 146 valence electrons. The van der Waals surface area contributed by atoms with Crippen molar-refractivity contribution in [2.24, 2.45) is 22.7 Å². The Morgan fingerprint density at radius 3 is 2.30 bits per heavy atom. The van der Waals surface area contributed by atoms with Crippen molar-refractivity contribution in [2.45, 2.75) is 60.8 Å². The molecule has 0 aromatic heterocycles. The molecule has 0 aliphatic heterocycles. The lowest BCUT2D eigenvalue weighted by Gasteiger charge is -2.26. The van der Waals surface area contributed by atoms with Crippen molar-refractivity contribution in [3.05, 3.63) is 71.9 Å². The fourth-order valence-electron chi connectivity index (χ4n) is 3.28. The third kappa shape index (κ3) is 6.06. The summed E-state index contributed by atoms with van der Waals surface area (Å²) < 4.78 is 0. The van der Waals surface area contributed by atoms with E-state index in [0.717, 1.165) is 17.6 Å². The summed E-state index contributed by atoms with van der Waals surface area (Å²) in [6, 6.07) is 0. The van der Waals surface area contributed by atoms with E-state index in [-0.39, 0.29) is 16.6 Å². The van der Waals surface area contributed by atoms with Gasteiger partial charge in [0.2, 0.25) is 0 Å². The predicted octanol–water partition coefficient (Wildman–Crippen LogP) is 7.16. The Kier molecular flexibility index (Phi) is 7.03. The fraction of sp³-hybridized carbons (Fsp3) is 0.500. The number of allylic oxidation sites excluding steroid dienone is 12. The molecule has 0 saturated heterocycles. The lowest BCUT2D eigenvalue weighted by Crippen LogP contribution is -2.17. The largest absolute Gasteiger partial charge is 0.294 e. The minimum atomic E-state index is 0.0338. The fourth-order valence-corrected chi connectivity index (χ4v) is 3.28. The average molecular weight is 365 g/mol. The summed E-state index contributed by atoms with van der Waals surface area (Å²) >= 11 is 0. The van der Waals surface area contributed by atoms with Gasteiger partial charge in [0.05, 0.1) is 0 Å². The number of hydrogen-bond donors (Lipinski definition) is 0. The van der Waals surface area contributed by atoms with Crippen molar-refractivity contribution in [1.29, 1.82) is 0 Å². The third-order valence-electron chi connectivity index (χ3n) is 6.01. The van der Waals surface area contributed by atoms with Gasteiger partial charge in [-0.15, -0.1) is 0 Å². The molecule has 0 fully saturated rings. The van der Waals surface area contributed by atoms with Gasteiger partial charge in [-0.3, -0.25) is 4.79 Å². The van der Waals surface area contributed by atoms with Gasteiger partial charge in [0.1, 0.15) is 0 Å². The maximum Gasteiger partial charge on any atom is 0.167 e. The highest BCUT2D eigenvalue weighted by Gasteiger charge is 2.23. The molecule has 0 saturated carbocycles. The smallest absolute Gasteiger partial charge is 0.167 e. The van der Waals surface area contributed by atoms with Crippen molar-refractivity contribution in [3.8, 4) is 0 Å². The minimum absolute atomic E-state index is 0.0338. The molecule has 1 nitrogen and oxygen atoms in total. The van der Waals surface area contributed by atoms with Crippen molar-refractivity contribution in [3.63, 3.8) is 0 Å². The number of Topliss-reactive ketones (excluding diaryl/α,β-unsaturated/α-hetero) is 1. The molecule has 1 heteroatoms. The van der Waals surface area contributed by atoms with Crippen LogP contribution in [0.5, 0.6) is 0 Å². The normalized spacial score (nSPS) is 27.6. The molecule has 0 heterocycles. The standard InChI is InChI=1S/C26H36O/c1-20(2)11-16-25(5)14-8-10-23(13-17-25)24(27)19-22-9-7-15-26(6,18-12-22)21(3)4/h7-10,12-15,17-18,20-21H,11,16,19H2,1-6H3. The van der Waals surface area contributed by atoms with Crippen molar-refractivity contribution >= 4 is 5.78 Å². The summed E-state index contributed by atoms with van der Waals surface area (Å²) in [4.78, 5) is 12.9. The third-order valence-corrected chi connectivity index (χ3v) is 6.01. The maximum absolute atomic E-state index is 12.9. The van der Waals surface area contributed by atoms with Gasteiger partial charge in [-0.25, -0.2) is 0 Å². The van der Waals surface area contributed by atoms with E-state index in [1.807, 2.05) is 12.2 Å². The Labute approximate surface area is 166 Å². The van der Waals surface area contributed by atoms with E-state index < -0.39 is 0 Å². The van der Waals surface area contributed by atoms with Crippen molar-refractivity contribution in [2.75, 3.05) is 0 Å². The van der Waals surface area contributed by atoms with Crippen LogP contribution in [0.1, 0.15) is 60.8 Å². The Bertz CT molecular complexity index is 723. The second kappa shape index (κ2) is 8.87. The van der Waals surface area contributed by atoms with Gasteiger partial charge in [-0.2, -0.15) is 0 Å². The lowest BCUT2D eigenvalue weighted by molar-refractivity contribution is -0.114. The first-order valence-corrected chi connectivity index (χ1v) is 10.3. The first-order chi connectivity index (χ1) is 12.6. The molecular weight excluding hydrogens is 328 g/mol. The summed E-state index contributed by atoms with van der Waals surface area (Å²) in [5.74, 6) is 1.40. The van der Waals surface area contributed by atoms with Crippen LogP contribution < -0.4 is 0 Å². The first kappa shape index (κ1) is 21.4. The summed E-state index contributed by atoms with van der Waals surface area (Å²) in [5.41, 5.74) is 1.95. The highest BCUT2D eigenvalue weighted by Crippen LogP contribution is 2.34. The molecule has 2 unspecified atom stereocenters. The molecule has 27 heavy (non-hydrogen) atoms. The summed E-state index contributed by atoms with van der Waals surface area (Å²) in [6.45, 7) is 13.5. The van der Waals surface area contributed by atoms with Crippen LogP contribution in [-0.4, -0.2) is 5.78 Å². The van der Waals surface area contributed by atoms with Gasteiger partial charge in [-0.05, 0) is 30.3 Å². The van der Waals surface area contributed by atoms with Crippen LogP contribution >= 0.6 is 0 Å². The van der Waals surface area contributed by atoms with Crippen LogP contribution in [0, 0.1) is 22.7 Å².